The molecule has 3 amide bonds. The number of hydrogen-bond donors (Lipinski definition) is 5. The molecule has 3 atom stereocenters. The van der Waals surface area contributed by atoms with Crippen LogP contribution in [0.2, 0.25) is 0 Å². The number of carboxylic acid groups (broad SMARTS) is 1. The Morgan fingerprint density at radius 1 is 1.14 bits per heavy atom. The smallest absolute Gasteiger partial charge is 0.326 e. The first-order valence-electron chi connectivity index (χ1n) is 9.87. The van der Waals surface area contributed by atoms with Crippen LogP contribution in [-0.4, -0.2) is 83.5 Å². The molecule has 7 N–H and O–H groups in total. The van der Waals surface area contributed by atoms with Crippen molar-refractivity contribution in [2.45, 2.75) is 56.7 Å². The van der Waals surface area contributed by atoms with Crippen molar-refractivity contribution in [3.63, 3.8) is 0 Å². The van der Waals surface area contributed by atoms with Gasteiger partial charge in [0, 0.05) is 6.54 Å². The number of amides is 3. The van der Waals surface area contributed by atoms with Crippen molar-refractivity contribution < 1.29 is 24.3 Å². The van der Waals surface area contributed by atoms with Crippen molar-refractivity contribution in [3.8, 4) is 0 Å². The fourth-order valence-corrected chi connectivity index (χ4v) is 3.74. The van der Waals surface area contributed by atoms with E-state index >= 15 is 0 Å². The highest BCUT2D eigenvalue weighted by molar-refractivity contribution is 7.98. The SMILES string of the molecule is CSCCC(NC(=O)C1CCCN1C(=O)C(CCCCN)NC(=O)CN)C(=O)O. The highest BCUT2D eigenvalue weighted by Gasteiger charge is 2.38. The zero-order chi connectivity index (χ0) is 21.8. The van der Waals surface area contributed by atoms with Crippen molar-refractivity contribution in [1.29, 1.82) is 0 Å². The van der Waals surface area contributed by atoms with E-state index in [1.807, 2.05) is 6.26 Å². The van der Waals surface area contributed by atoms with Crippen molar-refractivity contribution in [3.05, 3.63) is 0 Å². The number of rotatable bonds is 13. The highest BCUT2D eigenvalue weighted by atomic mass is 32.2. The van der Waals surface area contributed by atoms with E-state index in [1.165, 1.54) is 16.7 Å². The molecule has 1 saturated heterocycles. The van der Waals surface area contributed by atoms with E-state index < -0.39 is 35.9 Å². The lowest BCUT2D eigenvalue weighted by atomic mass is 10.1. The quantitative estimate of drug-likeness (QED) is 0.228. The summed E-state index contributed by atoms with van der Waals surface area (Å²) in [4.78, 5) is 50.3. The molecule has 0 saturated carbocycles. The second-order valence-electron chi connectivity index (χ2n) is 6.98. The Hall–Kier alpha value is -1.85. The van der Waals surface area contributed by atoms with Gasteiger partial charge in [0.1, 0.15) is 18.1 Å². The number of carbonyl (C=O) groups excluding carboxylic acids is 3. The largest absolute Gasteiger partial charge is 0.480 e. The number of carbonyl (C=O) groups is 4. The van der Waals surface area contributed by atoms with E-state index in [-0.39, 0.29) is 12.5 Å². The first kappa shape index (κ1) is 25.2. The maximum absolute atomic E-state index is 13.0. The molecular formula is C18H33N5O5S. The summed E-state index contributed by atoms with van der Waals surface area (Å²) in [5.41, 5.74) is 10.9. The van der Waals surface area contributed by atoms with Gasteiger partial charge in [-0.15, -0.1) is 0 Å². The van der Waals surface area contributed by atoms with Crippen LogP contribution in [-0.2, 0) is 19.2 Å². The molecule has 1 fully saturated rings. The monoisotopic (exact) mass is 431 g/mol. The number of likely N-dealkylation sites (tertiary alicyclic amines) is 1. The number of thioether (sulfide) groups is 1. The topological polar surface area (TPSA) is 168 Å². The van der Waals surface area contributed by atoms with E-state index in [0.29, 0.717) is 57.4 Å². The predicted molar refractivity (Wildman–Crippen MR) is 111 cm³/mol. The van der Waals surface area contributed by atoms with Crippen molar-refractivity contribution >= 4 is 35.5 Å². The van der Waals surface area contributed by atoms with E-state index in [1.54, 1.807) is 0 Å². The minimum Gasteiger partial charge on any atom is -0.480 e. The van der Waals surface area contributed by atoms with Crippen LogP contribution in [0.15, 0.2) is 0 Å². The fourth-order valence-electron chi connectivity index (χ4n) is 3.27. The Morgan fingerprint density at radius 3 is 2.45 bits per heavy atom. The van der Waals surface area contributed by atoms with Gasteiger partial charge in [0.05, 0.1) is 6.54 Å². The summed E-state index contributed by atoms with van der Waals surface area (Å²) in [5, 5.41) is 14.5. The van der Waals surface area contributed by atoms with Gasteiger partial charge in [0.25, 0.3) is 0 Å². The van der Waals surface area contributed by atoms with E-state index in [2.05, 4.69) is 10.6 Å². The molecule has 1 heterocycles. The van der Waals surface area contributed by atoms with Crippen LogP contribution in [0.1, 0.15) is 38.5 Å². The predicted octanol–water partition coefficient (Wildman–Crippen LogP) is -1.13. The van der Waals surface area contributed by atoms with Gasteiger partial charge in [0.2, 0.25) is 17.7 Å². The summed E-state index contributed by atoms with van der Waals surface area (Å²) in [5.74, 6) is -1.77. The summed E-state index contributed by atoms with van der Waals surface area (Å²) in [6.45, 7) is 0.624. The number of nitrogens with zero attached hydrogens (tertiary/aromatic N) is 1. The number of nitrogens with one attached hydrogen (secondary N) is 2. The number of unbranched alkanes of at least 4 members (excludes halogenated alkanes) is 1. The van der Waals surface area contributed by atoms with Gasteiger partial charge in [-0.1, -0.05) is 0 Å². The molecule has 1 rings (SSSR count). The van der Waals surface area contributed by atoms with E-state index in [4.69, 9.17) is 11.5 Å². The Morgan fingerprint density at radius 2 is 1.86 bits per heavy atom. The first-order valence-corrected chi connectivity index (χ1v) is 11.3. The number of hydrogen-bond acceptors (Lipinski definition) is 7. The van der Waals surface area contributed by atoms with Crippen LogP contribution < -0.4 is 22.1 Å². The first-order chi connectivity index (χ1) is 13.8. The van der Waals surface area contributed by atoms with E-state index in [9.17, 15) is 24.3 Å². The van der Waals surface area contributed by atoms with Gasteiger partial charge in [-0.05, 0) is 57.1 Å². The lowest BCUT2D eigenvalue weighted by Crippen LogP contribution is -2.55. The van der Waals surface area contributed by atoms with Gasteiger partial charge in [-0.25, -0.2) is 4.79 Å². The average molecular weight is 432 g/mol. The minimum atomic E-state index is -1.10. The highest BCUT2D eigenvalue weighted by Crippen LogP contribution is 2.20. The van der Waals surface area contributed by atoms with Crippen molar-refractivity contribution in [1.82, 2.24) is 15.5 Å². The molecule has 11 heteroatoms. The zero-order valence-electron chi connectivity index (χ0n) is 16.9. The molecular weight excluding hydrogens is 398 g/mol. The fraction of sp³-hybridized carbons (Fsp3) is 0.778. The van der Waals surface area contributed by atoms with Crippen LogP contribution >= 0.6 is 11.8 Å². The molecule has 29 heavy (non-hydrogen) atoms. The van der Waals surface area contributed by atoms with Crippen molar-refractivity contribution in [2.24, 2.45) is 11.5 Å². The molecule has 0 aliphatic carbocycles. The van der Waals surface area contributed by atoms with Crippen LogP contribution in [0.3, 0.4) is 0 Å². The average Bonchev–Trinajstić information content (AvgIpc) is 3.19. The molecule has 0 bridgehead atoms. The third-order valence-electron chi connectivity index (χ3n) is 4.83. The molecule has 1 aliphatic rings. The molecule has 0 radical (unpaired) electrons. The molecule has 0 aromatic carbocycles. The lowest BCUT2D eigenvalue weighted by molar-refractivity contribution is -0.145. The van der Waals surface area contributed by atoms with Crippen LogP contribution in [0.4, 0.5) is 0 Å². The number of aliphatic carboxylic acids is 1. The summed E-state index contributed by atoms with van der Waals surface area (Å²) >= 11 is 1.49. The lowest BCUT2D eigenvalue weighted by Gasteiger charge is -2.29. The third kappa shape index (κ3) is 8.19. The van der Waals surface area contributed by atoms with Crippen LogP contribution in [0.5, 0.6) is 0 Å². The van der Waals surface area contributed by atoms with Gasteiger partial charge >= 0.3 is 5.97 Å². The Kier molecular flexibility index (Phi) is 11.6. The zero-order valence-corrected chi connectivity index (χ0v) is 17.7. The second-order valence-corrected chi connectivity index (χ2v) is 7.96. The van der Waals surface area contributed by atoms with Gasteiger partial charge in [0.15, 0.2) is 0 Å². The summed E-state index contributed by atoms with van der Waals surface area (Å²) in [6, 6.07) is -2.52. The molecule has 0 aromatic rings. The minimum absolute atomic E-state index is 0.236. The Labute approximate surface area is 175 Å². The van der Waals surface area contributed by atoms with Crippen molar-refractivity contribution in [2.75, 3.05) is 31.6 Å². The third-order valence-corrected chi connectivity index (χ3v) is 5.47. The van der Waals surface area contributed by atoms with Gasteiger partial charge in [-0.2, -0.15) is 11.8 Å². The summed E-state index contributed by atoms with van der Waals surface area (Å²) in [7, 11) is 0. The Balaban J connectivity index is 2.83. The molecule has 0 aromatic heterocycles. The second kappa shape index (κ2) is 13.4. The Bertz CT molecular complexity index is 577. The molecule has 166 valence electrons. The van der Waals surface area contributed by atoms with Gasteiger partial charge < -0.3 is 32.1 Å². The number of carboxylic acids is 1. The standard InChI is InChI=1S/C18H33N5O5S/c1-29-10-7-13(18(27)28)22-16(25)14-6-4-9-23(14)17(26)12(5-2-3-8-19)21-15(24)11-20/h12-14H,2-11,19-20H2,1H3,(H,21,24)(H,22,25)(H,27,28). The molecule has 3 unspecified atom stereocenters. The van der Waals surface area contributed by atoms with Gasteiger partial charge in [-0.3, -0.25) is 14.4 Å². The van der Waals surface area contributed by atoms with Crippen LogP contribution in [0, 0.1) is 0 Å². The maximum Gasteiger partial charge on any atom is 0.326 e. The summed E-state index contributed by atoms with van der Waals surface area (Å²) in [6.07, 6.45) is 5.01. The molecule has 10 nitrogen and oxygen atoms in total. The molecule has 1 aliphatic heterocycles. The molecule has 0 spiro atoms. The maximum atomic E-state index is 13.0. The number of nitrogens with two attached hydrogens (primary N) is 2. The van der Waals surface area contributed by atoms with E-state index in [0.717, 1.165) is 0 Å². The van der Waals surface area contributed by atoms with Crippen LogP contribution in [0.25, 0.3) is 0 Å². The normalized spacial score (nSPS) is 18.2. The summed E-state index contributed by atoms with van der Waals surface area (Å²) < 4.78 is 0.